The van der Waals surface area contributed by atoms with Gasteiger partial charge in [0.05, 0.1) is 0 Å². The topological polar surface area (TPSA) is 74.3 Å². The lowest BCUT2D eigenvalue weighted by molar-refractivity contribution is 0.101. The van der Waals surface area contributed by atoms with Gasteiger partial charge in [-0.25, -0.2) is 9.78 Å². The van der Waals surface area contributed by atoms with Gasteiger partial charge in [0.2, 0.25) is 0 Å². The first-order chi connectivity index (χ1) is 12.6. The van der Waals surface area contributed by atoms with Crippen molar-refractivity contribution < 1.29 is 9.59 Å². The standard InChI is InChI=1S/C20H24N4O2/c1-15(25)17-6-5-7-18(13-17)23-20(26)22-14-16-8-9-21-19(12-16)24-10-3-2-4-11-24/h5-9,12-13H,2-4,10-11,14H2,1H3,(H2,22,23,26). The van der Waals surface area contributed by atoms with Crippen molar-refractivity contribution in [3.63, 3.8) is 0 Å². The number of Topliss-reactive ketones (excluding diaryl/α,β-unsaturated/α-hetero) is 1. The SMILES string of the molecule is CC(=O)c1cccc(NC(=O)NCc2ccnc(N3CCCCC3)c2)c1. The minimum atomic E-state index is -0.304. The van der Waals surface area contributed by atoms with Gasteiger partial charge in [-0.15, -0.1) is 0 Å². The van der Waals surface area contributed by atoms with E-state index in [1.165, 1.54) is 26.2 Å². The predicted molar refractivity (Wildman–Crippen MR) is 103 cm³/mol. The average Bonchev–Trinajstić information content (AvgIpc) is 2.67. The molecule has 0 bridgehead atoms. The van der Waals surface area contributed by atoms with Crippen molar-refractivity contribution in [1.29, 1.82) is 0 Å². The molecule has 136 valence electrons. The van der Waals surface area contributed by atoms with Crippen LogP contribution in [0.25, 0.3) is 0 Å². The van der Waals surface area contributed by atoms with Gasteiger partial charge < -0.3 is 15.5 Å². The highest BCUT2D eigenvalue weighted by Gasteiger charge is 2.12. The van der Waals surface area contributed by atoms with Gasteiger partial charge in [0.1, 0.15) is 5.82 Å². The van der Waals surface area contributed by atoms with Crippen LogP contribution in [0, 0.1) is 0 Å². The Morgan fingerprint density at radius 1 is 1.12 bits per heavy atom. The van der Waals surface area contributed by atoms with Crippen LogP contribution in [0.5, 0.6) is 0 Å². The number of aromatic nitrogens is 1. The number of carbonyl (C=O) groups is 2. The van der Waals surface area contributed by atoms with E-state index in [1.54, 1.807) is 30.5 Å². The van der Waals surface area contributed by atoms with E-state index >= 15 is 0 Å². The molecule has 0 unspecified atom stereocenters. The Labute approximate surface area is 153 Å². The van der Waals surface area contributed by atoms with Crippen LogP contribution in [0.3, 0.4) is 0 Å². The molecular weight excluding hydrogens is 328 g/mol. The molecule has 3 rings (SSSR count). The van der Waals surface area contributed by atoms with Gasteiger partial charge in [-0.05, 0) is 56.0 Å². The molecule has 1 aliphatic rings. The lowest BCUT2D eigenvalue weighted by Gasteiger charge is -2.27. The van der Waals surface area contributed by atoms with Gasteiger partial charge in [-0.3, -0.25) is 4.79 Å². The highest BCUT2D eigenvalue weighted by molar-refractivity contribution is 5.96. The molecule has 6 nitrogen and oxygen atoms in total. The van der Waals surface area contributed by atoms with Gasteiger partial charge in [0, 0.05) is 37.1 Å². The number of hydrogen-bond donors (Lipinski definition) is 2. The maximum absolute atomic E-state index is 12.1. The van der Waals surface area contributed by atoms with Crippen molar-refractivity contribution in [2.24, 2.45) is 0 Å². The molecule has 1 aliphatic heterocycles. The second kappa shape index (κ2) is 8.47. The molecule has 0 radical (unpaired) electrons. The monoisotopic (exact) mass is 352 g/mol. The van der Waals surface area contributed by atoms with E-state index in [-0.39, 0.29) is 11.8 Å². The van der Waals surface area contributed by atoms with E-state index in [0.717, 1.165) is 24.5 Å². The minimum absolute atomic E-state index is 0.0314. The number of rotatable bonds is 5. The van der Waals surface area contributed by atoms with E-state index < -0.39 is 0 Å². The number of hydrogen-bond acceptors (Lipinski definition) is 4. The van der Waals surface area contributed by atoms with E-state index in [4.69, 9.17) is 0 Å². The summed E-state index contributed by atoms with van der Waals surface area (Å²) in [5.41, 5.74) is 2.18. The van der Waals surface area contributed by atoms with E-state index in [9.17, 15) is 9.59 Å². The molecule has 0 spiro atoms. The summed E-state index contributed by atoms with van der Waals surface area (Å²) in [6.45, 7) is 4.00. The van der Waals surface area contributed by atoms with Crippen molar-refractivity contribution in [3.8, 4) is 0 Å². The molecule has 2 amide bonds. The lowest BCUT2D eigenvalue weighted by Crippen LogP contribution is -2.31. The van der Waals surface area contributed by atoms with Crippen LogP contribution in [-0.2, 0) is 6.54 Å². The molecule has 2 N–H and O–H groups in total. The Morgan fingerprint density at radius 3 is 2.69 bits per heavy atom. The van der Waals surface area contributed by atoms with Crippen LogP contribution in [0.15, 0.2) is 42.6 Å². The summed E-state index contributed by atoms with van der Waals surface area (Å²) in [6.07, 6.45) is 5.47. The third-order valence-electron chi connectivity index (χ3n) is 4.47. The van der Waals surface area contributed by atoms with Gasteiger partial charge >= 0.3 is 6.03 Å². The van der Waals surface area contributed by atoms with Gasteiger partial charge in [-0.2, -0.15) is 0 Å². The predicted octanol–water partition coefficient (Wildman–Crippen LogP) is 3.60. The number of nitrogens with zero attached hydrogens (tertiary/aromatic N) is 2. The fourth-order valence-corrected chi connectivity index (χ4v) is 3.04. The van der Waals surface area contributed by atoms with Crippen molar-refractivity contribution in [3.05, 3.63) is 53.7 Å². The zero-order valence-electron chi connectivity index (χ0n) is 15.0. The second-order valence-corrected chi connectivity index (χ2v) is 6.51. The fourth-order valence-electron chi connectivity index (χ4n) is 3.04. The summed E-state index contributed by atoms with van der Waals surface area (Å²) in [6, 6.07) is 10.5. The van der Waals surface area contributed by atoms with Crippen molar-refractivity contribution in [1.82, 2.24) is 10.3 Å². The van der Waals surface area contributed by atoms with Crippen molar-refractivity contribution >= 4 is 23.3 Å². The molecule has 2 heterocycles. The molecule has 1 saturated heterocycles. The van der Waals surface area contributed by atoms with Crippen LogP contribution in [0.4, 0.5) is 16.3 Å². The zero-order valence-corrected chi connectivity index (χ0v) is 15.0. The summed E-state index contributed by atoms with van der Waals surface area (Å²) < 4.78 is 0. The summed E-state index contributed by atoms with van der Waals surface area (Å²) in [5.74, 6) is 0.939. The van der Waals surface area contributed by atoms with E-state index in [0.29, 0.717) is 17.8 Å². The number of nitrogens with one attached hydrogen (secondary N) is 2. The largest absolute Gasteiger partial charge is 0.357 e. The Hall–Kier alpha value is -2.89. The van der Waals surface area contributed by atoms with Crippen LogP contribution in [-0.4, -0.2) is 29.9 Å². The Kier molecular flexibility index (Phi) is 5.84. The summed E-state index contributed by atoms with van der Waals surface area (Å²) in [5, 5.41) is 5.60. The van der Waals surface area contributed by atoms with Gasteiger partial charge in [0.15, 0.2) is 5.78 Å². The molecule has 1 fully saturated rings. The summed E-state index contributed by atoms with van der Waals surface area (Å²) in [4.78, 5) is 30.3. The molecule has 1 aromatic carbocycles. The normalized spacial score (nSPS) is 14.0. The Morgan fingerprint density at radius 2 is 1.92 bits per heavy atom. The molecule has 6 heteroatoms. The maximum atomic E-state index is 12.1. The Bertz CT molecular complexity index is 785. The highest BCUT2D eigenvalue weighted by atomic mass is 16.2. The van der Waals surface area contributed by atoms with Crippen LogP contribution in [0.1, 0.15) is 42.1 Å². The third-order valence-corrected chi connectivity index (χ3v) is 4.47. The summed E-state index contributed by atoms with van der Waals surface area (Å²) >= 11 is 0. The minimum Gasteiger partial charge on any atom is -0.357 e. The van der Waals surface area contributed by atoms with Crippen molar-refractivity contribution in [2.45, 2.75) is 32.7 Å². The number of amides is 2. The fraction of sp³-hybridized carbons (Fsp3) is 0.350. The number of urea groups is 1. The van der Waals surface area contributed by atoms with Crippen LogP contribution >= 0.6 is 0 Å². The molecule has 2 aromatic rings. The van der Waals surface area contributed by atoms with Gasteiger partial charge in [0.25, 0.3) is 0 Å². The molecular formula is C20H24N4O2. The van der Waals surface area contributed by atoms with Gasteiger partial charge in [-0.1, -0.05) is 12.1 Å². The maximum Gasteiger partial charge on any atom is 0.319 e. The number of piperidine rings is 1. The molecule has 0 saturated carbocycles. The quantitative estimate of drug-likeness (QED) is 0.807. The number of anilines is 2. The first-order valence-electron chi connectivity index (χ1n) is 8.97. The zero-order chi connectivity index (χ0) is 18.4. The molecule has 0 atom stereocenters. The average molecular weight is 352 g/mol. The first-order valence-corrected chi connectivity index (χ1v) is 8.97. The number of pyridine rings is 1. The molecule has 1 aromatic heterocycles. The van der Waals surface area contributed by atoms with Crippen LogP contribution < -0.4 is 15.5 Å². The smallest absolute Gasteiger partial charge is 0.319 e. The number of carbonyl (C=O) groups excluding carboxylic acids is 2. The Balaban J connectivity index is 1.56. The van der Waals surface area contributed by atoms with E-state index in [1.807, 2.05) is 12.1 Å². The number of benzene rings is 1. The highest BCUT2D eigenvalue weighted by Crippen LogP contribution is 2.18. The van der Waals surface area contributed by atoms with Crippen molar-refractivity contribution in [2.75, 3.05) is 23.3 Å². The first kappa shape index (κ1) is 17.9. The van der Waals surface area contributed by atoms with E-state index in [2.05, 4.69) is 20.5 Å². The van der Waals surface area contributed by atoms with Crippen LogP contribution in [0.2, 0.25) is 0 Å². The second-order valence-electron chi connectivity index (χ2n) is 6.51. The molecule has 26 heavy (non-hydrogen) atoms. The molecule has 0 aliphatic carbocycles. The third kappa shape index (κ3) is 4.81. The number of ketones is 1. The lowest BCUT2D eigenvalue weighted by atomic mass is 10.1. The summed E-state index contributed by atoms with van der Waals surface area (Å²) in [7, 11) is 0.